The largest absolute Gasteiger partial charge is 0.378 e. The van der Waals surface area contributed by atoms with Gasteiger partial charge < -0.3 is 9.64 Å². The number of halogens is 3. The van der Waals surface area contributed by atoms with Crippen molar-refractivity contribution in [1.82, 2.24) is 13.9 Å². The van der Waals surface area contributed by atoms with Crippen LogP contribution in [0.15, 0.2) is 53.3 Å². The molecule has 14 heteroatoms. The molecule has 2 aromatic rings. The monoisotopic (exact) mass is 601 g/mol. The van der Waals surface area contributed by atoms with Crippen molar-refractivity contribution in [3.05, 3.63) is 77.0 Å². The van der Waals surface area contributed by atoms with Crippen LogP contribution in [-0.2, 0) is 36.0 Å². The molecule has 2 saturated heterocycles. The fourth-order valence-electron chi connectivity index (χ4n) is 4.92. The Bertz CT molecular complexity index is 1440. The summed E-state index contributed by atoms with van der Waals surface area (Å²) in [5, 5.41) is 0.753. The van der Waals surface area contributed by atoms with Crippen LogP contribution in [0.4, 0.5) is 13.2 Å². The summed E-state index contributed by atoms with van der Waals surface area (Å²) in [6, 6.07) is 6.72. The number of sulfonamides is 2. The van der Waals surface area contributed by atoms with Gasteiger partial charge in [-0.1, -0.05) is 18.7 Å². The number of nitrogens with zero attached hydrogens (tertiary/aromatic N) is 2. The molecule has 1 unspecified atom stereocenters. The van der Waals surface area contributed by atoms with Gasteiger partial charge in [0.1, 0.15) is 0 Å². The minimum absolute atomic E-state index is 0.0498. The molecule has 0 saturated carbocycles. The predicted molar refractivity (Wildman–Crippen MR) is 141 cm³/mol. The normalized spacial score (nSPS) is 19.5. The first-order valence-electron chi connectivity index (χ1n) is 12.7. The molecule has 1 N–H and O–H groups in total. The van der Waals surface area contributed by atoms with E-state index < -0.39 is 49.5 Å². The molecule has 0 aromatic heterocycles. The van der Waals surface area contributed by atoms with Gasteiger partial charge in [-0.3, -0.25) is 4.79 Å². The van der Waals surface area contributed by atoms with Gasteiger partial charge in [0.25, 0.3) is 0 Å². The average molecular weight is 602 g/mol. The maximum absolute atomic E-state index is 13.9. The van der Waals surface area contributed by atoms with Gasteiger partial charge in [-0.15, -0.1) is 0 Å². The Balaban J connectivity index is 1.60. The van der Waals surface area contributed by atoms with Gasteiger partial charge in [0.05, 0.1) is 24.0 Å². The molecule has 2 atom stereocenters. The third-order valence-corrected chi connectivity index (χ3v) is 10.0. The van der Waals surface area contributed by atoms with E-state index in [2.05, 4.69) is 11.3 Å². The van der Waals surface area contributed by atoms with Crippen molar-refractivity contribution < 1.29 is 39.5 Å². The number of benzene rings is 2. The van der Waals surface area contributed by atoms with Crippen molar-refractivity contribution in [2.45, 2.75) is 36.1 Å². The standard InChI is InChI=1S/C26H30F3N3O6S2/c1-2-39(34,35)30-17-20-4-3-9-32(20)40(36,37)21-7-5-19(6-8-21)22(26(33)31-10-12-38-13-11-31)14-18-15-23(27)25(29)24(28)16-18/h2,5-8,15-16,20,22,30H,1,3-4,9-14,17H2/t20-,22?/m1/s1. The Morgan fingerprint density at radius 1 is 1.05 bits per heavy atom. The smallest absolute Gasteiger partial charge is 0.243 e. The second kappa shape index (κ2) is 12.4. The SMILES string of the molecule is C=CS(=O)(=O)NC[C@H]1CCCN1S(=O)(=O)c1ccc(C(Cc2cc(F)c(F)c(F)c2)C(=O)N2CCOCC2)cc1. The Kier molecular flexibility index (Phi) is 9.35. The summed E-state index contributed by atoms with van der Waals surface area (Å²) in [6.45, 7) is 4.63. The Hall–Kier alpha value is -2.78. The van der Waals surface area contributed by atoms with Gasteiger partial charge >= 0.3 is 0 Å². The van der Waals surface area contributed by atoms with E-state index in [0.717, 1.165) is 17.5 Å². The van der Waals surface area contributed by atoms with Gasteiger partial charge in [0.2, 0.25) is 26.0 Å². The van der Waals surface area contributed by atoms with Crippen molar-refractivity contribution in [2.75, 3.05) is 39.4 Å². The number of morpholine rings is 1. The second-order valence-electron chi connectivity index (χ2n) is 9.61. The van der Waals surface area contributed by atoms with E-state index in [-0.39, 0.29) is 35.9 Å². The van der Waals surface area contributed by atoms with Crippen LogP contribution in [0.5, 0.6) is 0 Å². The van der Waals surface area contributed by atoms with E-state index >= 15 is 0 Å². The van der Waals surface area contributed by atoms with Gasteiger partial charge in [-0.05, 0) is 54.7 Å². The summed E-state index contributed by atoms with van der Waals surface area (Å²) in [6.07, 6.45) is 0.880. The van der Waals surface area contributed by atoms with E-state index in [9.17, 15) is 34.8 Å². The minimum atomic E-state index is -4.00. The van der Waals surface area contributed by atoms with E-state index in [0.29, 0.717) is 44.7 Å². The first-order valence-corrected chi connectivity index (χ1v) is 15.7. The highest BCUT2D eigenvalue weighted by Gasteiger charge is 2.36. The predicted octanol–water partition coefficient (Wildman–Crippen LogP) is 2.51. The van der Waals surface area contributed by atoms with E-state index in [1.807, 2.05) is 0 Å². The summed E-state index contributed by atoms with van der Waals surface area (Å²) in [5.41, 5.74) is 0.485. The highest BCUT2D eigenvalue weighted by molar-refractivity contribution is 7.92. The van der Waals surface area contributed by atoms with Gasteiger partial charge in [-0.25, -0.2) is 34.7 Å². The highest BCUT2D eigenvalue weighted by Crippen LogP contribution is 2.30. The quantitative estimate of drug-likeness (QED) is 0.419. The molecule has 0 bridgehead atoms. The zero-order valence-corrected chi connectivity index (χ0v) is 23.2. The highest BCUT2D eigenvalue weighted by atomic mass is 32.2. The third-order valence-electron chi connectivity index (χ3n) is 7.06. The van der Waals surface area contributed by atoms with Crippen LogP contribution >= 0.6 is 0 Å². The van der Waals surface area contributed by atoms with Crippen molar-refractivity contribution in [2.24, 2.45) is 0 Å². The fraction of sp³-hybridized carbons (Fsp3) is 0.423. The molecule has 1 amide bonds. The second-order valence-corrected chi connectivity index (χ2v) is 13.2. The van der Waals surface area contributed by atoms with Crippen molar-refractivity contribution in [3.63, 3.8) is 0 Å². The van der Waals surface area contributed by atoms with Gasteiger partial charge in [0.15, 0.2) is 17.5 Å². The summed E-state index contributed by atoms with van der Waals surface area (Å²) < 4.78 is 101. The topological polar surface area (TPSA) is 113 Å². The lowest BCUT2D eigenvalue weighted by molar-refractivity contribution is -0.136. The van der Waals surface area contributed by atoms with E-state index in [1.165, 1.54) is 28.6 Å². The number of hydrogen-bond donors (Lipinski definition) is 1. The van der Waals surface area contributed by atoms with Crippen LogP contribution in [-0.4, -0.2) is 77.4 Å². The zero-order valence-electron chi connectivity index (χ0n) is 21.6. The summed E-state index contributed by atoms with van der Waals surface area (Å²) >= 11 is 0. The molecule has 40 heavy (non-hydrogen) atoms. The molecule has 2 aliphatic heterocycles. The maximum Gasteiger partial charge on any atom is 0.243 e. The maximum atomic E-state index is 13.9. The molecule has 218 valence electrons. The van der Waals surface area contributed by atoms with Crippen LogP contribution in [0, 0.1) is 17.5 Å². The van der Waals surface area contributed by atoms with Crippen LogP contribution in [0.1, 0.15) is 29.9 Å². The summed E-state index contributed by atoms with van der Waals surface area (Å²) in [7, 11) is -7.73. The third kappa shape index (κ3) is 6.74. The van der Waals surface area contributed by atoms with Gasteiger partial charge in [0, 0.05) is 37.6 Å². The molecule has 0 aliphatic carbocycles. The number of hydrogen-bond acceptors (Lipinski definition) is 6. The van der Waals surface area contributed by atoms with Crippen LogP contribution in [0.2, 0.25) is 0 Å². The van der Waals surface area contributed by atoms with E-state index in [4.69, 9.17) is 4.74 Å². The number of carbonyl (C=O) groups excluding carboxylic acids is 1. The van der Waals surface area contributed by atoms with Crippen molar-refractivity contribution in [1.29, 1.82) is 0 Å². The number of nitrogens with one attached hydrogen (secondary N) is 1. The molecule has 2 fully saturated rings. The average Bonchev–Trinajstić information content (AvgIpc) is 3.44. The van der Waals surface area contributed by atoms with Crippen molar-refractivity contribution >= 4 is 26.0 Å². The molecular weight excluding hydrogens is 571 g/mol. The number of carbonyl (C=O) groups is 1. The lowest BCUT2D eigenvalue weighted by Gasteiger charge is -2.31. The fourth-order valence-corrected chi connectivity index (χ4v) is 7.16. The van der Waals surface area contributed by atoms with Crippen molar-refractivity contribution in [3.8, 4) is 0 Å². The molecule has 0 spiro atoms. The van der Waals surface area contributed by atoms with Crippen LogP contribution in [0.25, 0.3) is 0 Å². The molecule has 0 radical (unpaired) electrons. The number of amides is 1. The molecule has 2 heterocycles. The zero-order chi connectivity index (χ0) is 29.1. The lowest BCUT2D eigenvalue weighted by atomic mass is 9.90. The van der Waals surface area contributed by atoms with E-state index in [1.54, 1.807) is 4.90 Å². The number of ether oxygens (including phenoxy) is 1. The van der Waals surface area contributed by atoms with Gasteiger partial charge in [-0.2, -0.15) is 4.31 Å². The molecule has 2 aromatic carbocycles. The summed E-state index contributed by atoms with van der Waals surface area (Å²) in [5.74, 6) is -5.61. The first-order chi connectivity index (χ1) is 18.9. The minimum Gasteiger partial charge on any atom is -0.378 e. The Morgan fingerprint density at radius 2 is 1.68 bits per heavy atom. The number of rotatable bonds is 10. The van der Waals surface area contributed by atoms with Crippen LogP contribution in [0.3, 0.4) is 0 Å². The molecule has 4 rings (SSSR count). The van der Waals surface area contributed by atoms with Crippen LogP contribution < -0.4 is 4.72 Å². The molecular formula is C26H30F3N3O6S2. The Labute approximate surface area is 231 Å². The molecule has 9 nitrogen and oxygen atoms in total. The first kappa shape index (κ1) is 30.2. The molecule has 2 aliphatic rings. The lowest BCUT2D eigenvalue weighted by Crippen LogP contribution is -2.43. The Morgan fingerprint density at radius 3 is 2.27 bits per heavy atom. The summed E-state index contributed by atoms with van der Waals surface area (Å²) in [4.78, 5) is 15.0.